The Bertz CT molecular complexity index is 903. The third-order valence-corrected chi connectivity index (χ3v) is 6.03. The maximum Gasteiger partial charge on any atom is 0.293 e. The van der Waals surface area contributed by atoms with Gasteiger partial charge in [-0.3, -0.25) is 14.4 Å². The van der Waals surface area contributed by atoms with Crippen molar-refractivity contribution < 1.29 is 18.8 Å². The van der Waals surface area contributed by atoms with Gasteiger partial charge < -0.3 is 5.32 Å². The highest BCUT2D eigenvalue weighted by molar-refractivity contribution is 7.15. The number of halogens is 2. The van der Waals surface area contributed by atoms with Gasteiger partial charge in [-0.05, 0) is 43.5 Å². The van der Waals surface area contributed by atoms with Crippen LogP contribution in [-0.4, -0.2) is 23.5 Å². The summed E-state index contributed by atoms with van der Waals surface area (Å²) < 4.78 is 13.2. The molecule has 1 aromatic heterocycles. The van der Waals surface area contributed by atoms with Gasteiger partial charge in [0.25, 0.3) is 11.7 Å². The third kappa shape index (κ3) is 4.62. The monoisotopic (exact) mass is 407 g/mol. The second kappa shape index (κ2) is 8.31. The van der Waals surface area contributed by atoms with E-state index in [1.807, 2.05) is 0 Å². The first-order chi connectivity index (χ1) is 12.8. The van der Waals surface area contributed by atoms with Crippen molar-refractivity contribution in [1.29, 1.82) is 0 Å². The number of carbonyl (C=O) groups excluding carboxylic acids is 3. The van der Waals surface area contributed by atoms with Gasteiger partial charge in [0.05, 0.1) is 9.90 Å². The molecule has 1 amide bonds. The van der Waals surface area contributed by atoms with Crippen LogP contribution in [0.5, 0.6) is 0 Å². The zero-order chi connectivity index (χ0) is 19.6. The van der Waals surface area contributed by atoms with E-state index in [0.29, 0.717) is 16.0 Å². The van der Waals surface area contributed by atoms with Gasteiger partial charge >= 0.3 is 0 Å². The average Bonchev–Trinajstić information content (AvgIpc) is 3.27. The lowest BCUT2D eigenvalue weighted by atomic mass is 10.0. The van der Waals surface area contributed by atoms with Gasteiger partial charge in [-0.25, -0.2) is 4.39 Å². The lowest BCUT2D eigenvalue weighted by Gasteiger charge is -2.10. The molecule has 0 bridgehead atoms. The Kier molecular flexibility index (Phi) is 6.07. The van der Waals surface area contributed by atoms with Gasteiger partial charge in [0, 0.05) is 22.9 Å². The van der Waals surface area contributed by atoms with Crippen molar-refractivity contribution in [3.8, 4) is 0 Å². The highest BCUT2D eigenvalue weighted by Gasteiger charge is 2.25. The molecule has 1 aromatic carbocycles. The van der Waals surface area contributed by atoms with E-state index >= 15 is 0 Å². The van der Waals surface area contributed by atoms with E-state index in [2.05, 4.69) is 5.32 Å². The molecule has 1 heterocycles. The quantitative estimate of drug-likeness (QED) is 0.565. The van der Waals surface area contributed by atoms with Gasteiger partial charge in [-0.1, -0.05) is 30.5 Å². The number of amides is 1. The molecule has 1 N–H and O–H groups in total. The van der Waals surface area contributed by atoms with Crippen LogP contribution in [0.25, 0.3) is 0 Å². The van der Waals surface area contributed by atoms with Crippen LogP contribution in [0, 0.1) is 12.7 Å². The molecule has 3 rings (SSSR count). The number of ketones is 2. The van der Waals surface area contributed by atoms with Crippen molar-refractivity contribution in [2.24, 2.45) is 0 Å². The van der Waals surface area contributed by atoms with E-state index in [-0.39, 0.29) is 28.1 Å². The Morgan fingerprint density at radius 1 is 1.22 bits per heavy atom. The van der Waals surface area contributed by atoms with Crippen LogP contribution in [0.1, 0.15) is 56.2 Å². The van der Waals surface area contributed by atoms with E-state index < -0.39 is 17.5 Å². The molecular weight excluding hydrogens is 389 g/mol. The third-order valence-electron chi connectivity index (χ3n) is 4.69. The Balaban J connectivity index is 1.70. The van der Waals surface area contributed by atoms with Crippen molar-refractivity contribution in [2.45, 2.75) is 45.1 Å². The minimum absolute atomic E-state index is 0.0400. The van der Waals surface area contributed by atoms with Gasteiger partial charge in [0.2, 0.25) is 0 Å². The Labute approximate surface area is 165 Å². The molecule has 1 fully saturated rings. The normalized spacial score (nSPS) is 14.3. The first-order valence-electron chi connectivity index (χ1n) is 8.78. The van der Waals surface area contributed by atoms with E-state index in [1.54, 1.807) is 6.92 Å². The average molecular weight is 408 g/mol. The molecule has 0 spiro atoms. The first-order valence-corrected chi connectivity index (χ1v) is 9.97. The summed E-state index contributed by atoms with van der Waals surface area (Å²) in [4.78, 5) is 38.0. The number of hydrogen-bond donors (Lipinski definition) is 1. The van der Waals surface area contributed by atoms with Gasteiger partial charge in [-0.15, -0.1) is 11.3 Å². The van der Waals surface area contributed by atoms with Crippen molar-refractivity contribution in [3.63, 3.8) is 0 Å². The largest absolute Gasteiger partial charge is 0.346 e. The molecule has 1 aliphatic rings. The van der Waals surface area contributed by atoms with E-state index in [1.165, 1.54) is 24.3 Å². The molecule has 0 saturated heterocycles. The van der Waals surface area contributed by atoms with Crippen molar-refractivity contribution in [3.05, 3.63) is 56.0 Å². The number of aryl methyl sites for hydroxylation is 1. The maximum atomic E-state index is 13.2. The second-order valence-corrected chi connectivity index (χ2v) is 8.38. The predicted octanol–water partition coefficient (Wildman–Crippen LogP) is 4.52. The number of rotatable bonds is 6. The lowest BCUT2D eigenvalue weighted by molar-refractivity contribution is -0.117. The Morgan fingerprint density at radius 2 is 1.93 bits per heavy atom. The second-order valence-electron chi connectivity index (χ2n) is 6.71. The number of hydrogen-bond acceptors (Lipinski definition) is 4. The molecular formula is C20H19ClFNO3S. The molecule has 0 unspecified atom stereocenters. The summed E-state index contributed by atoms with van der Waals surface area (Å²) in [7, 11) is 0. The van der Waals surface area contributed by atoms with Crippen LogP contribution in [-0.2, 0) is 11.2 Å². The summed E-state index contributed by atoms with van der Waals surface area (Å²) in [5, 5.41) is 2.73. The summed E-state index contributed by atoms with van der Waals surface area (Å²) in [6.45, 7) is 1.74. The highest BCUT2D eigenvalue weighted by atomic mass is 35.5. The number of benzene rings is 1. The van der Waals surface area contributed by atoms with Crippen molar-refractivity contribution >= 4 is 40.4 Å². The Morgan fingerprint density at radius 3 is 2.59 bits per heavy atom. The van der Waals surface area contributed by atoms with Crippen LogP contribution < -0.4 is 5.32 Å². The fourth-order valence-electron chi connectivity index (χ4n) is 3.23. The number of carbonyl (C=O) groups is 3. The zero-order valence-corrected chi connectivity index (χ0v) is 16.4. The van der Waals surface area contributed by atoms with Crippen LogP contribution in [0.3, 0.4) is 0 Å². The van der Waals surface area contributed by atoms with Crippen LogP contribution in [0.15, 0.2) is 24.3 Å². The van der Waals surface area contributed by atoms with Crippen LogP contribution in [0.2, 0.25) is 5.02 Å². The zero-order valence-electron chi connectivity index (χ0n) is 14.8. The fraction of sp³-hybridized carbons (Fsp3) is 0.350. The van der Waals surface area contributed by atoms with E-state index in [0.717, 1.165) is 37.0 Å². The number of thiophene rings is 1. The SMILES string of the molecule is Cc1sc(C(=O)C(=O)NC2CCCC2)cc1C(=O)Cc1ccc(F)c(Cl)c1. The topological polar surface area (TPSA) is 63.2 Å². The maximum absolute atomic E-state index is 13.2. The molecule has 0 atom stereocenters. The number of nitrogens with one attached hydrogen (secondary N) is 1. The van der Waals surface area contributed by atoms with Gasteiger partial charge in [0.15, 0.2) is 5.78 Å². The Hall–Kier alpha value is -2.05. The van der Waals surface area contributed by atoms with Gasteiger partial charge in [-0.2, -0.15) is 0 Å². The van der Waals surface area contributed by atoms with E-state index in [9.17, 15) is 18.8 Å². The molecule has 2 aromatic rings. The van der Waals surface area contributed by atoms with Crippen molar-refractivity contribution in [1.82, 2.24) is 5.32 Å². The molecule has 1 saturated carbocycles. The fourth-order valence-corrected chi connectivity index (χ4v) is 4.41. The first kappa shape index (κ1) is 19.7. The summed E-state index contributed by atoms with van der Waals surface area (Å²) >= 11 is 6.89. The standard InChI is InChI=1S/C20H19ClFNO3S/c1-11-14(17(24)9-12-6-7-16(22)15(21)8-12)10-18(27-11)19(25)20(26)23-13-4-2-3-5-13/h6-8,10,13H,2-5,9H2,1H3,(H,23,26). The molecule has 0 radical (unpaired) electrons. The minimum Gasteiger partial charge on any atom is -0.346 e. The molecule has 4 nitrogen and oxygen atoms in total. The predicted molar refractivity (Wildman–Crippen MR) is 103 cm³/mol. The molecule has 0 aliphatic heterocycles. The highest BCUT2D eigenvalue weighted by Crippen LogP contribution is 2.25. The lowest BCUT2D eigenvalue weighted by Crippen LogP contribution is -2.37. The van der Waals surface area contributed by atoms with Crippen LogP contribution in [0.4, 0.5) is 4.39 Å². The summed E-state index contributed by atoms with van der Waals surface area (Å²) in [6.07, 6.45) is 3.95. The minimum atomic E-state index is -0.618. The van der Waals surface area contributed by atoms with Crippen LogP contribution >= 0.6 is 22.9 Å². The summed E-state index contributed by atoms with van der Waals surface area (Å²) in [5.74, 6) is -1.98. The molecule has 1 aliphatic carbocycles. The summed E-state index contributed by atoms with van der Waals surface area (Å²) in [5.41, 5.74) is 0.987. The van der Waals surface area contributed by atoms with Crippen molar-refractivity contribution in [2.75, 3.05) is 0 Å². The molecule has 142 valence electrons. The number of Topliss-reactive ketones (excluding diaryl/α,β-unsaturated/α-hetero) is 2. The molecule has 27 heavy (non-hydrogen) atoms. The van der Waals surface area contributed by atoms with E-state index in [4.69, 9.17) is 11.6 Å². The smallest absolute Gasteiger partial charge is 0.293 e. The molecule has 7 heteroatoms. The van der Waals surface area contributed by atoms with Gasteiger partial charge in [0.1, 0.15) is 5.82 Å². The summed E-state index contributed by atoms with van der Waals surface area (Å²) in [6, 6.07) is 5.67.